The second kappa shape index (κ2) is 8.94. The van der Waals surface area contributed by atoms with Gasteiger partial charge in [-0.2, -0.15) is 4.98 Å². The van der Waals surface area contributed by atoms with Gasteiger partial charge in [0.2, 0.25) is 11.9 Å². The maximum Gasteiger partial charge on any atom is 0.228 e. The first-order valence-corrected chi connectivity index (χ1v) is 9.03. The zero-order chi connectivity index (χ0) is 19.9. The summed E-state index contributed by atoms with van der Waals surface area (Å²) in [5, 5.41) is 9.09. The number of benzene rings is 2. The Hall–Kier alpha value is -3.48. The van der Waals surface area contributed by atoms with Crippen molar-refractivity contribution in [2.75, 3.05) is 22.5 Å². The van der Waals surface area contributed by atoms with Gasteiger partial charge in [-0.15, -0.1) is 0 Å². The standard InChI is InChI=1S/C21H22FN5O/c1-3-23-21-24-14(2)12-19(27-21)25-16-8-10-17(11-9-16)26-20(28)13-15-6-4-5-7-18(15)22/h4-12H,3,13H2,1-2H3,(H,26,28)(H2,23,24,25,27). The molecule has 1 amide bonds. The number of carbonyl (C=O) groups is 1. The molecule has 0 unspecified atom stereocenters. The summed E-state index contributed by atoms with van der Waals surface area (Å²) < 4.78 is 13.7. The van der Waals surface area contributed by atoms with Crippen molar-refractivity contribution >= 4 is 29.0 Å². The van der Waals surface area contributed by atoms with Gasteiger partial charge in [-0.25, -0.2) is 9.37 Å². The van der Waals surface area contributed by atoms with Gasteiger partial charge in [0.1, 0.15) is 11.6 Å². The average molecular weight is 379 g/mol. The minimum atomic E-state index is -0.380. The number of aromatic nitrogens is 2. The number of nitrogens with one attached hydrogen (secondary N) is 3. The minimum Gasteiger partial charge on any atom is -0.354 e. The SMILES string of the molecule is CCNc1nc(C)cc(Nc2ccc(NC(=O)Cc3ccccc3F)cc2)n1. The van der Waals surface area contributed by atoms with E-state index in [-0.39, 0.29) is 18.1 Å². The summed E-state index contributed by atoms with van der Waals surface area (Å²) >= 11 is 0. The highest BCUT2D eigenvalue weighted by atomic mass is 19.1. The topological polar surface area (TPSA) is 78.9 Å². The van der Waals surface area contributed by atoms with E-state index < -0.39 is 0 Å². The fourth-order valence-corrected chi connectivity index (χ4v) is 2.67. The number of nitrogens with zero attached hydrogens (tertiary/aromatic N) is 2. The van der Waals surface area contributed by atoms with Gasteiger partial charge in [0.15, 0.2) is 0 Å². The molecule has 0 spiro atoms. The smallest absolute Gasteiger partial charge is 0.228 e. The van der Waals surface area contributed by atoms with Gasteiger partial charge in [0, 0.05) is 29.7 Å². The lowest BCUT2D eigenvalue weighted by atomic mass is 10.1. The van der Waals surface area contributed by atoms with Crippen molar-refractivity contribution in [2.45, 2.75) is 20.3 Å². The number of hydrogen-bond donors (Lipinski definition) is 3. The van der Waals surface area contributed by atoms with Crippen LogP contribution in [0.4, 0.5) is 27.5 Å². The van der Waals surface area contributed by atoms with Crippen molar-refractivity contribution in [1.82, 2.24) is 9.97 Å². The second-order valence-corrected chi connectivity index (χ2v) is 6.27. The fraction of sp³-hybridized carbons (Fsp3) is 0.190. The van der Waals surface area contributed by atoms with Crippen LogP contribution in [-0.2, 0) is 11.2 Å². The largest absolute Gasteiger partial charge is 0.354 e. The minimum absolute atomic E-state index is 0.0138. The fourth-order valence-electron chi connectivity index (χ4n) is 2.67. The van der Waals surface area contributed by atoms with E-state index in [1.807, 2.05) is 32.0 Å². The van der Waals surface area contributed by atoms with Gasteiger partial charge in [-0.1, -0.05) is 18.2 Å². The molecule has 7 heteroatoms. The Kier molecular flexibility index (Phi) is 6.16. The van der Waals surface area contributed by atoms with E-state index in [0.29, 0.717) is 23.0 Å². The Morgan fingerprint density at radius 3 is 2.46 bits per heavy atom. The summed E-state index contributed by atoms with van der Waals surface area (Å²) in [4.78, 5) is 20.9. The van der Waals surface area contributed by atoms with Crippen molar-refractivity contribution in [3.05, 3.63) is 71.7 Å². The van der Waals surface area contributed by atoms with Crippen LogP contribution in [0.3, 0.4) is 0 Å². The van der Waals surface area contributed by atoms with E-state index in [9.17, 15) is 9.18 Å². The van der Waals surface area contributed by atoms with E-state index in [1.165, 1.54) is 6.07 Å². The molecule has 6 nitrogen and oxygen atoms in total. The van der Waals surface area contributed by atoms with Crippen LogP contribution < -0.4 is 16.0 Å². The predicted molar refractivity (Wildman–Crippen MR) is 109 cm³/mol. The molecule has 0 bridgehead atoms. The third-order valence-corrected chi connectivity index (χ3v) is 3.94. The molecule has 28 heavy (non-hydrogen) atoms. The van der Waals surface area contributed by atoms with Gasteiger partial charge < -0.3 is 16.0 Å². The average Bonchev–Trinajstić information content (AvgIpc) is 2.65. The van der Waals surface area contributed by atoms with E-state index in [4.69, 9.17) is 0 Å². The Bertz CT molecular complexity index is 959. The summed E-state index contributed by atoms with van der Waals surface area (Å²) in [7, 11) is 0. The number of carbonyl (C=O) groups excluding carboxylic acids is 1. The first-order valence-electron chi connectivity index (χ1n) is 9.03. The van der Waals surface area contributed by atoms with E-state index in [2.05, 4.69) is 25.9 Å². The normalized spacial score (nSPS) is 10.4. The molecule has 2 aromatic carbocycles. The number of rotatable bonds is 7. The Morgan fingerprint density at radius 2 is 1.75 bits per heavy atom. The second-order valence-electron chi connectivity index (χ2n) is 6.27. The monoisotopic (exact) mass is 379 g/mol. The van der Waals surface area contributed by atoms with Crippen molar-refractivity contribution in [3.8, 4) is 0 Å². The zero-order valence-electron chi connectivity index (χ0n) is 15.8. The lowest BCUT2D eigenvalue weighted by Gasteiger charge is -2.10. The van der Waals surface area contributed by atoms with Crippen LogP contribution in [0.1, 0.15) is 18.2 Å². The number of halogens is 1. The molecule has 0 aliphatic rings. The molecule has 3 aromatic rings. The van der Waals surface area contributed by atoms with Gasteiger partial charge in [0.25, 0.3) is 0 Å². The van der Waals surface area contributed by atoms with Crippen LogP contribution in [-0.4, -0.2) is 22.4 Å². The maximum absolute atomic E-state index is 13.7. The van der Waals surface area contributed by atoms with Crippen molar-refractivity contribution in [1.29, 1.82) is 0 Å². The molecule has 1 aromatic heterocycles. The van der Waals surface area contributed by atoms with E-state index in [0.717, 1.165) is 17.9 Å². The summed E-state index contributed by atoms with van der Waals surface area (Å²) in [6.45, 7) is 4.63. The Labute approximate surface area is 163 Å². The summed E-state index contributed by atoms with van der Waals surface area (Å²) in [5.74, 6) is 0.601. The van der Waals surface area contributed by atoms with E-state index in [1.54, 1.807) is 30.3 Å². The van der Waals surface area contributed by atoms with Gasteiger partial charge in [0.05, 0.1) is 6.42 Å². The van der Waals surface area contributed by atoms with Gasteiger partial charge in [-0.05, 0) is 49.7 Å². The van der Waals surface area contributed by atoms with Crippen LogP contribution in [0.5, 0.6) is 0 Å². The summed E-state index contributed by atoms with van der Waals surface area (Å²) in [5.41, 5.74) is 2.69. The molecule has 0 atom stereocenters. The summed E-state index contributed by atoms with van der Waals surface area (Å²) in [6, 6.07) is 15.3. The molecule has 0 aliphatic heterocycles. The van der Waals surface area contributed by atoms with Gasteiger partial charge >= 0.3 is 0 Å². The zero-order valence-corrected chi connectivity index (χ0v) is 15.8. The van der Waals surface area contributed by atoms with E-state index >= 15 is 0 Å². The van der Waals surface area contributed by atoms with Crippen LogP contribution in [0.2, 0.25) is 0 Å². The molecular weight excluding hydrogens is 357 g/mol. The molecule has 0 fully saturated rings. The number of amides is 1. The van der Waals surface area contributed by atoms with Crippen LogP contribution in [0.25, 0.3) is 0 Å². The van der Waals surface area contributed by atoms with Crippen LogP contribution in [0.15, 0.2) is 54.6 Å². The van der Waals surface area contributed by atoms with Crippen molar-refractivity contribution in [3.63, 3.8) is 0 Å². The molecule has 0 saturated carbocycles. The van der Waals surface area contributed by atoms with Crippen LogP contribution in [0, 0.1) is 12.7 Å². The molecule has 144 valence electrons. The molecule has 0 radical (unpaired) electrons. The third kappa shape index (κ3) is 5.26. The number of hydrogen-bond acceptors (Lipinski definition) is 5. The lowest BCUT2D eigenvalue weighted by molar-refractivity contribution is -0.115. The molecule has 3 N–H and O–H groups in total. The number of anilines is 4. The summed E-state index contributed by atoms with van der Waals surface area (Å²) in [6.07, 6.45) is -0.0138. The highest BCUT2D eigenvalue weighted by molar-refractivity contribution is 5.92. The van der Waals surface area contributed by atoms with Crippen molar-refractivity contribution < 1.29 is 9.18 Å². The first-order chi connectivity index (χ1) is 13.5. The quantitative estimate of drug-likeness (QED) is 0.571. The molecular formula is C21H22FN5O. The molecule has 0 saturated heterocycles. The molecule has 3 rings (SSSR count). The van der Waals surface area contributed by atoms with Crippen molar-refractivity contribution in [2.24, 2.45) is 0 Å². The third-order valence-electron chi connectivity index (χ3n) is 3.94. The predicted octanol–water partition coefficient (Wildman–Crippen LogP) is 4.28. The van der Waals surface area contributed by atoms with Gasteiger partial charge in [-0.3, -0.25) is 4.79 Å². The molecule has 0 aliphatic carbocycles. The number of aryl methyl sites for hydroxylation is 1. The highest BCUT2D eigenvalue weighted by Gasteiger charge is 2.08. The highest BCUT2D eigenvalue weighted by Crippen LogP contribution is 2.19. The molecule has 1 heterocycles. The van der Waals surface area contributed by atoms with Crippen LogP contribution >= 0.6 is 0 Å². The Morgan fingerprint density at radius 1 is 1.04 bits per heavy atom. The Balaban J connectivity index is 1.62. The lowest BCUT2D eigenvalue weighted by Crippen LogP contribution is -2.15. The first kappa shape index (κ1) is 19.3. The maximum atomic E-state index is 13.7.